The number of hydrogen-bond donors (Lipinski definition) is 1. The number of aliphatic hydroxyl groups excluding tert-OH is 1. The third-order valence-electron chi connectivity index (χ3n) is 2.74. The summed E-state index contributed by atoms with van der Waals surface area (Å²) in [5.41, 5.74) is 1.93. The average molecular weight is 282 g/mol. The summed E-state index contributed by atoms with van der Waals surface area (Å²) in [5.74, 6) is 0.0474. The van der Waals surface area contributed by atoms with Gasteiger partial charge in [-0.3, -0.25) is 0 Å². The maximum absolute atomic E-state index is 12.2. The first-order chi connectivity index (χ1) is 9.49. The summed E-state index contributed by atoms with van der Waals surface area (Å²) in [5, 5.41) is 9.15. The Kier molecular flexibility index (Phi) is 4.29. The molecule has 20 heavy (non-hydrogen) atoms. The standard InChI is InChI=1S/C15H13F3O2/c16-15(17,18)10-20-14-8-12(6-7-13(14)9-19)11-4-2-1-3-5-11/h1-8,19H,9-10H2. The molecule has 106 valence electrons. The van der Waals surface area contributed by atoms with Gasteiger partial charge in [0.25, 0.3) is 0 Å². The second kappa shape index (κ2) is 5.96. The van der Waals surface area contributed by atoms with Crippen LogP contribution in [-0.4, -0.2) is 17.9 Å². The van der Waals surface area contributed by atoms with Crippen molar-refractivity contribution in [2.24, 2.45) is 0 Å². The highest BCUT2D eigenvalue weighted by atomic mass is 19.4. The maximum Gasteiger partial charge on any atom is 0.422 e. The van der Waals surface area contributed by atoms with E-state index < -0.39 is 12.8 Å². The monoisotopic (exact) mass is 282 g/mol. The number of rotatable bonds is 4. The van der Waals surface area contributed by atoms with E-state index in [2.05, 4.69) is 0 Å². The summed E-state index contributed by atoms with van der Waals surface area (Å²) >= 11 is 0. The summed E-state index contributed by atoms with van der Waals surface area (Å²) < 4.78 is 41.4. The molecule has 0 aliphatic heterocycles. The number of hydrogen-bond acceptors (Lipinski definition) is 2. The molecule has 0 atom stereocenters. The van der Waals surface area contributed by atoms with Crippen molar-refractivity contribution in [2.45, 2.75) is 12.8 Å². The van der Waals surface area contributed by atoms with E-state index in [4.69, 9.17) is 9.84 Å². The van der Waals surface area contributed by atoms with Gasteiger partial charge >= 0.3 is 6.18 Å². The molecule has 0 amide bonds. The molecule has 5 heteroatoms. The van der Waals surface area contributed by atoms with Gasteiger partial charge < -0.3 is 9.84 Å². The molecule has 0 saturated carbocycles. The van der Waals surface area contributed by atoms with Crippen molar-refractivity contribution in [1.82, 2.24) is 0 Å². The van der Waals surface area contributed by atoms with E-state index in [1.165, 1.54) is 6.07 Å². The van der Waals surface area contributed by atoms with E-state index in [-0.39, 0.29) is 12.4 Å². The van der Waals surface area contributed by atoms with Crippen LogP contribution in [0.4, 0.5) is 13.2 Å². The molecular formula is C15H13F3O2. The molecular weight excluding hydrogens is 269 g/mol. The molecule has 2 rings (SSSR count). The first-order valence-electron chi connectivity index (χ1n) is 5.98. The Morgan fingerprint density at radius 2 is 1.65 bits per heavy atom. The maximum atomic E-state index is 12.2. The minimum atomic E-state index is -4.41. The molecule has 1 N–H and O–H groups in total. The van der Waals surface area contributed by atoms with Crippen molar-refractivity contribution in [2.75, 3.05) is 6.61 Å². The number of aliphatic hydroxyl groups is 1. The van der Waals surface area contributed by atoms with Gasteiger partial charge in [0.2, 0.25) is 0 Å². The Bertz CT molecular complexity index is 565. The van der Waals surface area contributed by atoms with Crippen molar-refractivity contribution >= 4 is 0 Å². The van der Waals surface area contributed by atoms with Crippen LogP contribution < -0.4 is 4.74 Å². The van der Waals surface area contributed by atoms with Crippen LogP contribution in [0.2, 0.25) is 0 Å². The zero-order valence-corrected chi connectivity index (χ0v) is 10.5. The second-order valence-electron chi connectivity index (χ2n) is 4.25. The highest BCUT2D eigenvalue weighted by Crippen LogP contribution is 2.28. The van der Waals surface area contributed by atoms with Crippen LogP contribution in [0.15, 0.2) is 48.5 Å². The van der Waals surface area contributed by atoms with Gasteiger partial charge in [-0.25, -0.2) is 0 Å². The SMILES string of the molecule is OCc1ccc(-c2ccccc2)cc1OCC(F)(F)F. The first kappa shape index (κ1) is 14.4. The fourth-order valence-electron chi connectivity index (χ4n) is 1.79. The van der Waals surface area contributed by atoms with Crippen molar-refractivity contribution in [3.05, 3.63) is 54.1 Å². The lowest BCUT2D eigenvalue weighted by Crippen LogP contribution is -2.19. The van der Waals surface area contributed by atoms with E-state index in [1.807, 2.05) is 30.3 Å². The zero-order chi connectivity index (χ0) is 14.6. The largest absolute Gasteiger partial charge is 0.484 e. The normalized spacial score (nSPS) is 11.4. The highest BCUT2D eigenvalue weighted by Gasteiger charge is 2.28. The molecule has 0 aromatic heterocycles. The molecule has 0 saturated heterocycles. The summed E-state index contributed by atoms with van der Waals surface area (Å²) in [6.07, 6.45) is -4.41. The van der Waals surface area contributed by atoms with Crippen LogP contribution in [0.3, 0.4) is 0 Å². The van der Waals surface area contributed by atoms with Gasteiger partial charge in [0, 0.05) is 5.56 Å². The van der Waals surface area contributed by atoms with Crippen LogP contribution >= 0.6 is 0 Å². The van der Waals surface area contributed by atoms with Gasteiger partial charge in [-0.15, -0.1) is 0 Å². The second-order valence-corrected chi connectivity index (χ2v) is 4.25. The predicted octanol–water partition coefficient (Wildman–Crippen LogP) is 3.79. The van der Waals surface area contributed by atoms with Crippen LogP contribution in [0.25, 0.3) is 11.1 Å². The van der Waals surface area contributed by atoms with Gasteiger partial charge in [0.05, 0.1) is 6.61 Å². The molecule has 0 aliphatic carbocycles. The lowest BCUT2D eigenvalue weighted by Gasteiger charge is -2.13. The zero-order valence-electron chi connectivity index (χ0n) is 10.5. The van der Waals surface area contributed by atoms with Crippen molar-refractivity contribution in [1.29, 1.82) is 0 Å². The van der Waals surface area contributed by atoms with Crippen LogP contribution in [0.5, 0.6) is 5.75 Å². The number of ether oxygens (including phenoxy) is 1. The molecule has 0 spiro atoms. The van der Waals surface area contributed by atoms with Crippen LogP contribution in [0.1, 0.15) is 5.56 Å². The Labute approximate surface area is 114 Å². The average Bonchev–Trinajstić information content (AvgIpc) is 2.45. The molecule has 0 fully saturated rings. The highest BCUT2D eigenvalue weighted by molar-refractivity contribution is 5.66. The minimum Gasteiger partial charge on any atom is -0.484 e. The molecule has 0 bridgehead atoms. The predicted molar refractivity (Wildman–Crippen MR) is 69.4 cm³/mol. The van der Waals surface area contributed by atoms with Gasteiger partial charge in [-0.2, -0.15) is 13.2 Å². The molecule has 0 unspecified atom stereocenters. The summed E-state index contributed by atoms with van der Waals surface area (Å²) in [6, 6.07) is 14.0. The third-order valence-corrected chi connectivity index (χ3v) is 2.74. The Morgan fingerprint density at radius 1 is 0.950 bits per heavy atom. The van der Waals surface area contributed by atoms with Crippen molar-refractivity contribution in [3.8, 4) is 16.9 Å². The van der Waals surface area contributed by atoms with Gasteiger partial charge in [0.1, 0.15) is 5.75 Å². The van der Waals surface area contributed by atoms with E-state index in [1.54, 1.807) is 12.1 Å². The molecule has 0 aliphatic rings. The minimum absolute atomic E-state index is 0.0474. The van der Waals surface area contributed by atoms with Gasteiger partial charge in [-0.1, -0.05) is 42.5 Å². The molecule has 2 aromatic carbocycles. The third kappa shape index (κ3) is 3.74. The van der Waals surface area contributed by atoms with E-state index in [0.29, 0.717) is 5.56 Å². The summed E-state index contributed by atoms with van der Waals surface area (Å²) in [4.78, 5) is 0. The van der Waals surface area contributed by atoms with E-state index in [9.17, 15) is 13.2 Å². The van der Waals surface area contributed by atoms with E-state index in [0.717, 1.165) is 11.1 Å². The van der Waals surface area contributed by atoms with E-state index >= 15 is 0 Å². The van der Waals surface area contributed by atoms with Crippen molar-refractivity contribution in [3.63, 3.8) is 0 Å². The number of benzene rings is 2. The molecule has 0 heterocycles. The van der Waals surface area contributed by atoms with Gasteiger partial charge in [-0.05, 0) is 17.2 Å². The summed E-state index contributed by atoms with van der Waals surface area (Å²) in [6.45, 7) is -1.75. The van der Waals surface area contributed by atoms with Crippen LogP contribution in [0, 0.1) is 0 Å². The van der Waals surface area contributed by atoms with Crippen molar-refractivity contribution < 1.29 is 23.0 Å². The lowest BCUT2D eigenvalue weighted by atomic mass is 10.0. The summed E-state index contributed by atoms with van der Waals surface area (Å²) in [7, 11) is 0. The number of alkyl halides is 3. The molecule has 2 aromatic rings. The Morgan fingerprint density at radius 3 is 2.25 bits per heavy atom. The molecule has 2 nitrogen and oxygen atoms in total. The lowest BCUT2D eigenvalue weighted by molar-refractivity contribution is -0.153. The first-order valence-corrected chi connectivity index (χ1v) is 5.98. The topological polar surface area (TPSA) is 29.5 Å². The molecule has 0 radical (unpaired) electrons. The number of halogens is 3. The van der Waals surface area contributed by atoms with Gasteiger partial charge in [0.15, 0.2) is 6.61 Å². The van der Waals surface area contributed by atoms with Crippen LogP contribution in [-0.2, 0) is 6.61 Å². The fourth-order valence-corrected chi connectivity index (χ4v) is 1.79. The Hall–Kier alpha value is -2.01. The fraction of sp³-hybridized carbons (Fsp3) is 0.200. The Balaban J connectivity index is 2.29. The smallest absolute Gasteiger partial charge is 0.422 e. The quantitative estimate of drug-likeness (QED) is 0.924.